The molecule has 0 saturated carbocycles. The topological polar surface area (TPSA) is 23.5 Å². The summed E-state index contributed by atoms with van der Waals surface area (Å²) in [4.78, 5) is 2.10. The van der Waals surface area contributed by atoms with Crippen molar-refractivity contribution in [2.24, 2.45) is 0 Å². The van der Waals surface area contributed by atoms with Crippen LogP contribution in [0.5, 0.6) is 0 Å². The maximum absolute atomic E-state index is 10.2. The van der Waals surface area contributed by atoms with Crippen LogP contribution < -0.4 is 0 Å². The Morgan fingerprint density at radius 3 is 2.28 bits per heavy atom. The van der Waals surface area contributed by atoms with E-state index in [2.05, 4.69) is 11.8 Å². The van der Waals surface area contributed by atoms with Gasteiger partial charge < -0.3 is 10.0 Å². The molecule has 1 aromatic rings. The average Bonchev–Trinajstić information content (AvgIpc) is 2.33. The highest BCUT2D eigenvalue weighted by Crippen LogP contribution is 2.32. The van der Waals surface area contributed by atoms with Gasteiger partial charge in [0.25, 0.3) is 0 Å². The van der Waals surface area contributed by atoms with Crippen LogP contribution in [0.1, 0.15) is 31.7 Å². The van der Waals surface area contributed by atoms with E-state index in [0.29, 0.717) is 16.5 Å². The summed E-state index contributed by atoms with van der Waals surface area (Å²) in [6.07, 6.45) is 0.322. The van der Waals surface area contributed by atoms with E-state index >= 15 is 0 Å². The summed E-state index contributed by atoms with van der Waals surface area (Å²) in [5.41, 5.74) is 1.03. The Morgan fingerprint density at radius 2 is 1.83 bits per heavy atom. The average molecular weight is 290 g/mol. The maximum atomic E-state index is 10.2. The SMILES string of the molecule is CCC(O)C(c1ccc(Cl)c(Cl)c1)C(C)N(C)C. The van der Waals surface area contributed by atoms with Gasteiger partial charge in [-0.1, -0.05) is 36.2 Å². The third-order valence-corrected chi connectivity index (χ3v) is 4.23. The second-order valence-electron chi connectivity index (χ2n) is 4.88. The number of likely N-dealkylation sites (N-methyl/N-ethyl adjacent to an activating group) is 1. The van der Waals surface area contributed by atoms with E-state index < -0.39 is 0 Å². The molecule has 18 heavy (non-hydrogen) atoms. The van der Waals surface area contributed by atoms with E-state index in [1.54, 1.807) is 6.07 Å². The fourth-order valence-electron chi connectivity index (χ4n) is 2.12. The monoisotopic (exact) mass is 289 g/mol. The van der Waals surface area contributed by atoms with Gasteiger partial charge in [-0.3, -0.25) is 0 Å². The molecule has 0 bridgehead atoms. The van der Waals surface area contributed by atoms with Crippen molar-refractivity contribution in [3.05, 3.63) is 33.8 Å². The molecule has 0 saturated heterocycles. The lowest BCUT2D eigenvalue weighted by Crippen LogP contribution is -2.37. The summed E-state index contributed by atoms with van der Waals surface area (Å²) in [6, 6.07) is 5.81. The maximum Gasteiger partial charge on any atom is 0.0621 e. The minimum Gasteiger partial charge on any atom is -0.392 e. The quantitative estimate of drug-likeness (QED) is 0.891. The number of aliphatic hydroxyl groups excluding tert-OH is 1. The lowest BCUT2D eigenvalue weighted by molar-refractivity contribution is 0.0976. The Labute approximate surface area is 120 Å². The summed E-state index contributed by atoms with van der Waals surface area (Å²) < 4.78 is 0. The lowest BCUT2D eigenvalue weighted by atomic mass is 9.85. The Kier molecular flexibility index (Phi) is 5.93. The van der Waals surface area contributed by atoms with E-state index in [1.807, 2.05) is 33.2 Å². The smallest absolute Gasteiger partial charge is 0.0621 e. The zero-order valence-corrected chi connectivity index (χ0v) is 12.8. The van der Waals surface area contributed by atoms with Gasteiger partial charge in [-0.15, -0.1) is 0 Å². The molecule has 1 aromatic carbocycles. The van der Waals surface area contributed by atoms with Crippen molar-refractivity contribution in [2.75, 3.05) is 14.1 Å². The third-order valence-electron chi connectivity index (χ3n) is 3.50. The molecule has 0 heterocycles. The summed E-state index contributed by atoms with van der Waals surface area (Å²) >= 11 is 12.0. The van der Waals surface area contributed by atoms with Gasteiger partial charge in [0.05, 0.1) is 16.1 Å². The molecule has 0 aliphatic carbocycles. The number of nitrogens with zero attached hydrogens (tertiary/aromatic N) is 1. The molecule has 0 aromatic heterocycles. The molecule has 4 heteroatoms. The molecule has 1 N–H and O–H groups in total. The first-order valence-electron chi connectivity index (χ1n) is 6.17. The van der Waals surface area contributed by atoms with E-state index in [-0.39, 0.29) is 18.1 Å². The van der Waals surface area contributed by atoms with Gasteiger partial charge in [-0.25, -0.2) is 0 Å². The first-order chi connectivity index (χ1) is 8.38. The summed E-state index contributed by atoms with van der Waals surface area (Å²) in [5.74, 6) is 0.0276. The summed E-state index contributed by atoms with van der Waals surface area (Å²) in [7, 11) is 4.02. The van der Waals surface area contributed by atoms with Gasteiger partial charge in [-0.05, 0) is 45.1 Å². The number of aliphatic hydroxyl groups is 1. The van der Waals surface area contributed by atoms with Crippen molar-refractivity contribution in [2.45, 2.75) is 38.3 Å². The number of hydrogen-bond acceptors (Lipinski definition) is 2. The summed E-state index contributed by atoms with van der Waals surface area (Å²) in [6.45, 7) is 4.09. The molecule has 0 spiro atoms. The molecule has 1 rings (SSSR count). The van der Waals surface area contributed by atoms with E-state index in [0.717, 1.165) is 5.56 Å². The Bertz CT molecular complexity index is 395. The van der Waals surface area contributed by atoms with Gasteiger partial charge >= 0.3 is 0 Å². The first kappa shape index (κ1) is 15.8. The van der Waals surface area contributed by atoms with Crippen LogP contribution in [0.3, 0.4) is 0 Å². The van der Waals surface area contributed by atoms with E-state index in [4.69, 9.17) is 23.2 Å². The normalized spacial score (nSPS) is 16.7. The third kappa shape index (κ3) is 3.61. The van der Waals surface area contributed by atoms with Gasteiger partial charge in [0.1, 0.15) is 0 Å². The van der Waals surface area contributed by atoms with Crippen molar-refractivity contribution in [3.8, 4) is 0 Å². The predicted molar refractivity (Wildman–Crippen MR) is 78.6 cm³/mol. The van der Waals surface area contributed by atoms with Crippen LogP contribution in [0.4, 0.5) is 0 Å². The van der Waals surface area contributed by atoms with E-state index in [9.17, 15) is 5.11 Å². The van der Waals surface area contributed by atoms with Gasteiger partial charge in [-0.2, -0.15) is 0 Å². The second kappa shape index (κ2) is 6.76. The molecule has 102 valence electrons. The zero-order valence-electron chi connectivity index (χ0n) is 11.3. The molecule has 3 atom stereocenters. The fourth-order valence-corrected chi connectivity index (χ4v) is 2.42. The molecule has 0 fully saturated rings. The van der Waals surface area contributed by atoms with Crippen molar-refractivity contribution in [3.63, 3.8) is 0 Å². The minimum absolute atomic E-state index is 0.0276. The standard InChI is InChI=1S/C14H21Cl2NO/c1-5-13(18)14(9(2)17(3)4)10-6-7-11(15)12(16)8-10/h6-9,13-14,18H,5H2,1-4H3. The van der Waals surface area contributed by atoms with Crippen molar-refractivity contribution < 1.29 is 5.11 Å². The molecular weight excluding hydrogens is 269 g/mol. The van der Waals surface area contributed by atoms with Crippen LogP contribution in [0.2, 0.25) is 10.0 Å². The van der Waals surface area contributed by atoms with Gasteiger partial charge in [0.15, 0.2) is 0 Å². The van der Waals surface area contributed by atoms with Crippen LogP contribution in [-0.2, 0) is 0 Å². The highest BCUT2D eigenvalue weighted by Gasteiger charge is 2.27. The highest BCUT2D eigenvalue weighted by molar-refractivity contribution is 6.42. The molecule has 0 aliphatic rings. The number of hydrogen-bond donors (Lipinski definition) is 1. The van der Waals surface area contributed by atoms with Crippen LogP contribution >= 0.6 is 23.2 Å². The van der Waals surface area contributed by atoms with Crippen molar-refractivity contribution >= 4 is 23.2 Å². The fraction of sp³-hybridized carbons (Fsp3) is 0.571. The van der Waals surface area contributed by atoms with Crippen LogP contribution in [0, 0.1) is 0 Å². The molecule has 0 aliphatic heterocycles. The Balaban J connectivity index is 3.13. The van der Waals surface area contributed by atoms with Gasteiger partial charge in [0, 0.05) is 12.0 Å². The van der Waals surface area contributed by atoms with Crippen molar-refractivity contribution in [1.29, 1.82) is 0 Å². The number of halogens is 2. The minimum atomic E-state index is -0.389. The molecule has 0 amide bonds. The Morgan fingerprint density at radius 1 is 1.22 bits per heavy atom. The summed E-state index contributed by atoms with van der Waals surface area (Å²) in [5, 5.41) is 11.3. The first-order valence-corrected chi connectivity index (χ1v) is 6.93. The van der Waals surface area contributed by atoms with Crippen LogP contribution in [0.25, 0.3) is 0 Å². The van der Waals surface area contributed by atoms with Crippen LogP contribution in [-0.4, -0.2) is 36.2 Å². The zero-order chi connectivity index (χ0) is 13.9. The molecule has 3 unspecified atom stereocenters. The van der Waals surface area contributed by atoms with Crippen LogP contribution in [0.15, 0.2) is 18.2 Å². The largest absolute Gasteiger partial charge is 0.392 e. The predicted octanol–water partition coefficient (Wildman–Crippen LogP) is 3.80. The number of benzene rings is 1. The molecule has 2 nitrogen and oxygen atoms in total. The molecular formula is C14H21Cl2NO. The van der Waals surface area contributed by atoms with Crippen molar-refractivity contribution in [1.82, 2.24) is 4.90 Å². The van der Waals surface area contributed by atoms with Gasteiger partial charge in [0.2, 0.25) is 0 Å². The lowest BCUT2D eigenvalue weighted by Gasteiger charge is -2.33. The van der Waals surface area contributed by atoms with E-state index in [1.165, 1.54) is 0 Å². The highest BCUT2D eigenvalue weighted by atomic mass is 35.5. The molecule has 0 radical (unpaired) electrons. The Hall–Kier alpha value is -0.280. The number of rotatable bonds is 5. The second-order valence-corrected chi connectivity index (χ2v) is 5.69.